The summed E-state index contributed by atoms with van der Waals surface area (Å²) in [5.74, 6) is 0.737. The molecule has 0 amide bonds. The summed E-state index contributed by atoms with van der Waals surface area (Å²) in [6.45, 7) is 0.593. The Kier molecular flexibility index (Phi) is 1.46. The molecule has 0 aromatic carbocycles. The first-order valence-electron chi connectivity index (χ1n) is 4.04. The number of nitrogens with two attached hydrogens (primary N) is 1. The van der Waals surface area contributed by atoms with E-state index in [4.69, 9.17) is 5.73 Å². The van der Waals surface area contributed by atoms with Gasteiger partial charge in [0.25, 0.3) is 0 Å². The maximum atomic E-state index is 5.52. The maximum absolute atomic E-state index is 5.52. The zero-order valence-electron chi connectivity index (χ0n) is 6.75. The predicted octanol–water partition coefficient (Wildman–Crippen LogP) is 0.756. The van der Waals surface area contributed by atoms with Crippen molar-refractivity contribution in [1.82, 2.24) is 9.78 Å². The molecule has 0 unspecified atom stereocenters. The van der Waals surface area contributed by atoms with E-state index in [0.29, 0.717) is 6.54 Å². The van der Waals surface area contributed by atoms with E-state index in [2.05, 4.69) is 11.2 Å². The van der Waals surface area contributed by atoms with Crippen LogP contribution in [0.5, 0.6) is 0 Å². The molecule has 1 heterocycles. The van der Waals surface area contributed by atoms with E-state index in [9.17, 15) is 0 Å². The lowest BCUT2D eigenvalue weighted by Crippen LogP contribution is -2.03. The summed E-state index contributed by atoms with van der Waals surface area (Å²) in [4.78, 5) is 0. The Morgan fingerprint density at radius 2 is 2.45 bits per heavy atom. The molecule has 3 heteroatoms. The van der Waals surface area contributed by atoms with Gasteiger partial charge < -0.3 is 5.73 Å². The van der Waals surface area contributed by atoms with E-state index in [1.165, 1.54) is 18.5 Å². The second-order valence-electron chi connectivity index (χ2n) is 3.16. The fraction of sp³-hybridized carbons (Fsp3) is 0.625. The van der Waals surface area contributed by atoms with Crippen LogP contribution in [0.2, 0.25) is 0 Å². The summed E-state index contributed by atoms with van der Waals surface area (Å²) >= 11 is 0. The summed E-state index contributed by atoms with van der Waals surface area (Å²) in [6.07, 6.45) is 2.61. The molecule has 1 aromatic heterocycles. The van der Waals surface area contributed by atoms with Crippen LogP contribution in [0, 0.1) is 0 Å². The molecule has 0 atom stereocenters. The number of aryl methyl sites for hydroxylation is 1. The lowest BCUT2D eigenvalue weighted by Gasteiger charge is -1.93. The average Bonchev–Trinajstić information content (AvgIpc) is 2.76. The second kappa shape index (κ2) is 2.34. The Morgan fingerprint density at radius 3 is 2.91 bits per heavy atom. The molecule has 2 N–H and O–H groups in total. The van der Waals surface area contributed by atoms with Crippen molar-refractivity contribution >= 4 is 0 Å². The minimum atomic E-state index is 0.593. The van der Waals surface area contributed by atoms with Crippen LogP contribution in [0.1, 0.15) is 30.1 Å². The molecule has 1 aliphatic carbocycles. The van der Waals surface area contributed by atoms with Crippen LogP contribution in [0.25, 0.3) is 0 Å². The van der Waals surface area contributed by atoms with Crippen LogP contribution in [0.3, 0.4) is 0 Å². The minimum absolute atomic E-state index is 0.593. The van der Waals surface area contributed by atoms with E-state index < -0.39 is 0 Å². The zero-order valence-corrected chi connectivity index (χ0v) is 6.75. The first kappa shape index (κ1) is 6.85. The van der Waals surface area contributed by atoms with E-state index in [1.54, 1.807) is 0 Å². The summed E-state index contributed by atoms with van der Waals surface area (Å²) in [5.41, 5.74) is 7.88. The van der Waals surface area contributed by atoms with Crippen LogP contribution in [0.4, 0.5) is 0 Å². The SMILES string of the molecule is Cn1nc(C2CC2)cc1CN. The Hall–Kier alpha value is -0.830. The predicted molar refractivity (Wildman–Crippen MR) is 43.1 cm³/mol. The Balaban J connectivity index is 2.28. The van der Waals surface area contributed by atoms with Gasteiger partial charge in [0.15, 0.2) is 0 Å². The molecule has 0 radical (unpaired) electrons. The van der Waals surface area contributed by atoms with Crippen molar-refractivity contribution in [3.05, 3.63) is 17.5 Å². The number of nitrogens with zero attached hydrogens (tertiary/aromatic N) is 2. The molecule has 1 aliphatic rings. The third-order valence-electron chi connectivity index (χ3n) is 2.20. The second-order valence-corrected chi connectivity index (χ2v) is 3.16. The molecule has 0 bridgehead atoms. The topological polar surface area (TPSA) is 43.8 Å². The Labute approximate surface area is 66.2 Å². The van der Waals surface area contributed by atoms with E-state index in [1.807, 2.05) is 11.7 Å². The van der Waals surface area contributed by atoms with Crippen molar-refractivity contribution in [3.63, 3.8) is 0 Å². The molecule has 1 aromatic rings. The van der Waals surface area contributed by atoms with Gasteiger partial charge in [0.05, 0.1) is 11.4 Å². The molecule has 1 saturated carbocycles. The highest BCUT2D eigenvalue weighted by molar-refractivity contribution is 5.18. The number of hydrogen-bond donors (Lipinski definition) is 1. The van der Waals surface area contributed by atoms with E-state index >= 15 is 0 Å². The largest absolute Gasteiger partial charge is 0.325 e. The summed E-state index contributed by atoms with van der Waals surface area (Å²) in [5, 5.41) is 4.38. The molecular formula is C8H13N3. The van der Waals surface area contributed by atoms with Gasteiger partial charge in [-0.2, -0.15) is 5.10 Å². The van der Waals surface area contributed by atoms with Crippen molar-refractivity contribution < 1.29 is 0 Å². The van der Waals surface area contributed by atoms with Gasteiger partial charge in [0.2, 0.25) is 0 Å². The quantitative estimate of drug-likeness (QED) is 0.678. The molecule has 2 rings (SSSR count). The zero-order chi connectivity index (χ0) is 7.84. The minimum Gasteiger partial charge on any atom is -0.325 e. The molecular weight excluding hydrogens is 138 g/mol. The monoisotopic (exact) mass is 151 g/mol. The molecule has 0 spiro atoms. The summed E-state index contributed by atoms with van der Waals surface area (Å²) in [6, 6.07) is 2.12. The Bertz CT molecular complexity index is 260. The summed E-state index contributed by atoms with van der Waals surface area (Å²) in [7, 11) is 1.95. The standard InChI is InChI=1S/C8H13N3/c1-11-7(5-9)4-8(10-11)6-2-3-6/h4,6H,2-3,5,9H2,1H3. The van der Waals surface area contributed by atoms with Gasteiger partial charge in [-0.05, 0) is 18.9 Å². The highest BCUT2D eigenvalue weighted by Gasteiger charge is 2.26. The molecule has 60 valence electrons. The maximum Gasteiger partial charge on any atom is 0.0658 e. The first-order valence-corrected chi connectivity index (χ1v) is 4.04. The normalized spacial score (nSPS) is 17.3. The summed E-state index contributed by atoms with van der Waals surface area (Å²) < 4.78 is 1.88. The van der Waals surface area contributed by atoms with Crippen LogP contribution in [-0.2, 0) is 13.6 Å². The Morgan fingerprint density at radius 1 is 1.73 bits per heavy atom. The molecule has 0 aliphatic heterocycles. The van der Waals surface area contributed by atoms with Crippen molar-refractivity contribution in [1.29, 1.82) is 0 Å². The van der Waals surface area contributed by atoms with Gasteiger partial charge >= 0.3 is 0 Å². The number of hydrogen-bond acceptors (Lipinski definition) is 2. The molecule has 0 saturated heterocycles. The highest BCUT2D eigenvalue weighted by Crippen LogP contribution is 2.39. The van der Waals surface area contributed by atoms with E-state index in [0.717, 1.165) is 11.6 Å². The van der Waals surface area contributed by atoms with Gasteiger partial charge in [0, 0.05) is 19.5 Å². The molecule has 11 heavy (non-hydrogen) atoms. The number of aromatic nitrogens is 2. The molecule has 3 nitrogen and oxygen atoms in total. The highest BCUT2D eigenvalue weighted by atomic mass is 15.3. The van der Waals surface area contributed by atoms with Gasteiger partial charge in [-0.1, -0.05) is 0 Å². The van der Waals surface area contributed by atoms with Crippen molar-refractivity contribution in [2.45, 2.75) is 25.3 Å². The third kappa shape index (κ3) is 1.16. The van der Waals surface area contributed by atoms with Gasteiger partial charge in [-0.25, -0.2) is 0 Å². The van der Waals surface area contributed by atoms with Crippen molar-refractivity contribution in [3.8, 4) is 0 Å². The van der Waals surface area contributed by atoms with Crippen LogP contribution >= 0.6 is 0 Å². The molecule has 1 fully saturated rings. The lowest BCUT2D eigenvalue weighted by atomic mass is 10.3. The van der Waals surface area contributed by atoms with Gasteiger partial charge in [-0.15, -0.1) is 0 Å². The lowest BCUT2D eigenvalue weighted by molar-refractivity contribution is 0.698. The van der Waals surface area contributed by atoms with E-state index in [-0.39, 0.29) is 0 Å². The van der Waals surface area contributed by atoms with Gasteiger partial charge in [0.1, 0.15) is 0 Å². The first-order chi connectivity index (χ1) is 5.31. The van der Waals surface area contributed by atoms with Crippen molar-refractivity contribution in [2.75, 3.05) is 0 Å². The van der Waals surface area contributed by atoms with Crippen LogP contribution in [-0.4, -0.2) is 9.78 Å². The number of rotatable bonds is 2. The third-order valence-corrected chi connectivity index (χ3v) is 2.20. The fourth-order valence-electron chi connectivity index (χ4n) is 1.30. The van der Waals surface area contributed by atoms with Crippen LogP contribution in [0.15, 0.2) is 6.07 Å². The smallest absolute Gasteiger partial charge is 0.0658 e. The van der Waals surface area contributed by atoms with Crippen molar-refractivity contribution in [2.24, 2.45) is 12.8 Å². The fourth-order valence-corrected chi connectivity index (χ4v) is 1.30. The van der Waals surface area contributed by atoms with Gasteiger partial charge in [-0.3, -0.25) is 4.68 Å². The van der Waals surface area contributed by atoms with Crippen LogP contribution < -0.4 is 5.73 Å². The average molecular weight is 151 g/mol.